The van der Waals surface area contributed by atoms with E-state index in [1.54, 1.807) is 5.56 Å². The molecule has 64 valence electrons. The summed E-state index contributed by atoms with van der Waals surface area (Å²) < 4.78 is 0. The van der Waals surface area contributed by atoms with Crippen LogP contribution in [0.15, 0.2) is 30.3 Å². The molecular formula is C12H16. The summed E-state index contributed by atoms with van der Waals surface area (Å²) >= 11 is 0. The molecule has 0 nitrogen and oxygen atoms in total. The van der Waals surface area contributed by atoms with Gasteiger partial charge in [0.15, 0.2) is 0 Å². The van der Waals surface area contributed by atoms with Gasteiger partial charge in [-0.15, -0.1) is 0 Å². The summed E-state index contributed by atoms with van der Waals surface area (Å²) in [7, 11) is 0. The summed E-state index contributed by atoms with van der Waals surface area (Å²) in [6.45, 7) is 2.28. The maximum Gasteiger partial charge on any atom is -0.0131 e. The van der Waals surface area contributed by atoms with E-state index in [-0.39, 0.29) is 0 Å². The highest BCUT2D eigenvalue weighted by Crippen LogP contribution is 2.49. The van der Waals surface area contributed by atoms with Gasteiger partial charge < -0.3 is 0 Å². The number of rotatable bonds is 3. The molecule has 0 aliphatic heterocycles. The van der Waals surface area contributed by atoms with E-state index in [9.17, 15) is 0 Å². The molecule has 0 spiro atoms. The standard InChI is InChI=1S/C12H16/c1-2-6-11-9-12(11)10-7-4-3-5-8-10/h3-5,7-8,11-12H,2,6,9H2,1H3/t11-,12+/m0/s1. The highest BCUT2D eigenvalue weighted by atomic mass is 14.4. The van der Waals surface area contributed by atoms with E-state index < -0.39 is 0 Å². The van der Waals surface area contributed by atoms with Crippen LogP contribution >= 0.6 is 0 Å². The second kappa shape index (κ2) is 3.30. The lowest BCUT2D eigenvalue weighted by atomic mass is 10.1. The van der Waals surface area contributed by atoms with Crippen LogP contribution in [-0.4, -0.2) is 0 Å². The predicted octanol–water partition coefficient (Wildman–Crippen LogP) is 3.59. The van der Waals surface area contributed by atoms with Gasteiger partial charge in [-0.1, -0.05) is 50.1 Å². The fraction of sp³-hybridized carbons (Fsp3) is 0.500. The average Bonchev–Trinajstić information content (AvgIpc) is 2.87. The molecular weight excluding hydrogens is 144 g/mol. The fourth-order valence-electron chi connectivity index (χ4n) is 2.05. The minimum atomic E-state index is 0.895. The summed E-state index contributed by atoms with van der Waals surface area (Å²) in [5, 5.41) is 0. The van der Waals surface area contributed by atoms with Crippen LogP contribution in [0.1, 0.15) is 37.7 Å². The van der Waals surface area contributed by atoms with Crippen molar-refractivity contribution in [2.75, 3.05) is 0 Å². The molecule has 0 aromatic heterocycles. The van der Waals surface area contributed by atoms with Crippen molar-refractivity contribution < 1.29 is 0 Å². The van der Waals surface area contributed by atoms with Crippen LogP contribution in [0, 0.1) is 5.92 Å². The van der Waals surface area contributed by atoms with Gasteiger partial charge in [-0.05, 0) is 23.8 Å². The Balaban J connectivity index is 1.97. The SMILES string of the molecule is CCC[C@H]1C[C@@H]1c1ccccc1. The molecule has 0 heteroatoms. The lowest BCUT2D eigenvalue weighted by Gasteiger charge is -1.97. The van der Waals surface area contributed by atoms with Gasteiger partial charge in [0.1, 0.15) is 0 Å². The molecule has 1 aliphatic carbocycles. The summed E-state index contributed by atoms with van der Waals surface area (Å²) in [5.41, 5.74) is 1.55. The van der Waals surface area contributed by atoms with Crippen molar-refractivity contribution in [1.82, 2.24) is 0 Å². The fourth-order valence-corrected chi connectivity index (χ4v) is 2.05. The zero-order valence-corrected chi connectivity index (χ0v) is 7.66. The summed E-state index contributed by atoms with van der Waals surface area (Å²) in [6, 6.07) is 10.9. The first-order chi connectivity index (χ1) is 5.92. The van der Waals surface area contributed by atoms with Crippen molar-refractivity contribution in [2.45, 2.75) is 32.1 Å². The molecule has 0 amide bonds. The molecule has 0 saturated heterocycles. The van der Waals surface area contributed by atoms with Gasteiger partial charge in [-0.2, -0.15) is 0 Å². The first-order valence-corrected chi connectivity index (χ1v) is 4.96. The van der Waals surface area contributed by atoms with Crippen LogP contribution in [0.4, 0.5) is 0 Å². The van der Waals surface area contributed by atoms with Gasteiger partial charge in [0.2, 0.25) is 0 Å². The molecule has 0 radical (unpaired) electrons. The second-order valence-corrected chi connectivity index (χ2v) is 3.80. The highest BCUT2D eigenvalue weighted by Gasteiger charge is 2.36. The molecule has 1 aliphatic rings. The number of hydrogen-bond acceptors (Lipinski definition) is 0. The minimum Gasteiger partial charge on any atom is -0.0654 e. The third-order valence-electron chi connectivity index (χ3n) is 2.81. The zero-order valence-electron chi connectivity index (χ0n) is 7.66. The van der Waals surface area contributed by atoms with E-state index in [1.165, 1.54) is 19.3 Å². The zero-order chi connectivity index (χ0) is 8.39. The van der Waals surface area contributed by atoms with Crippen LogP contribution < -0.4 is 0 Å². The van der Waals surface area contributed by atoms with Crippen LogP contribution in [-0.2, 0) is 0 Å². The van der Waals surface area contributed by atoms with Gasteiger partial charge >= 0.3 is 0 Å². The van der Waals surface area contributed by atoms with Crippen LogP contribution in [0.3, 0.4) is 0 Å². The van der Waals surface area contributed by atoms with E-state index in [2.05, 4.69) is 37.3 Å². The molecule has 0 unspecified atom stereocenters. The first kappa shape index (κ1) is 7.85. The van der Waals surface area contributed by atoms with Crippen LogP contribution in [0.25, 0.3) is 0 Å². The van der Waals surface area contributed by atoms with Crippen molar-refractivity contribution in [1.29, 1.82) is 0 Å². The monoisotopic (exact) mass is 160 g/mol. The lowest BCUT2D eigenvalue weighted by molar-refractivity contribution is 0.687. The Labute approximate surface area is 74.6 Å². The van der Waals surface area contributed by atoms with Gasteiger partial charge in [0.25, 0.3) is 0 Å². The third kappa shape index (κ3) is 1.52. The Morgan fingerprint density at radius 1 is 1.25 bits per heavy atom. The second-order valence-electron chi connectivity index (χ2n) is 3.80. The summed E-state index contributed by atoms with van der Waals surface area (Å²) in [6.07, 6.45) is 4.19. The van der Waals surface area contributed by atoms with E-state index in [1.807, 2.05) is 0 Å². The third-order valence-corrected chi connectivity index (χ3v) is 2.81. The maximum atomic E-state index is 2.28. The number of hydrogen-bond donors (Lipinski definition) is 0. The molecule has 2 rings (SSSR count). The average molecular weight is 160 g/mol. The highest BCUT2D eigenvalue weighted by molar-refractivity contribution is 5.25. The summed E-state index contributed by atoms with van der Waals surface area (Å²) in [4.78, 5) is 0. The maximum absolute atomic E-state index is 2.28. The Hall–Kier alpha value is -0.780. The first-order valence-electron chi connectivity index (χ1n) is 4.96. The van der Waals surface area contributed by atoms with Crippen molar-refractivity contribution in [3.63, 3.8) is 0 Å². The van der Waals surface area contributed by atoms with E-state index in [0.717, 1.165) is 11.8 Å². The van der Waals surface area contributed by atoms with E-state index in [0.29, 0.717) is 0 Å². The normalized spacial score (nSPS) is 27.1. The molecule has 1 aromatic rings. The Morgan fingerprint density at radius 3 is 2.67 bits per heavy atom. The Bertz CT molecular complexity index is 237. The van der Waals surface area contributed by atoms with Crippen molar-refractivity contribution >= 4 is 0 Å². The van der Waals surface area contributed by atoms with E-state index >= 15 is 0 Å². The Morgan fingerprint density at radius 2 is 2.00 bits per heavy atom. The van der Waals surface area contributed by atoms with Gasteiger partial charge in [0, 0.05) is 0 Å². The van der Waals surface area contributed by atoms with Crippen molar-refractivity contribution in [3.8, 4) is 0 Å². The predicted molar refractivity (Wildman–Crippen MR) is 52.2 cm³/mol. The number of benzene rings is 1. The quantitative estimate of drug-likeness (QED) is 0.634. The molecule has 0 bridgehead atoms. The van der Waals surface area contributed by atoms with Crippen LogP contribution in [0.5, 0.6) is 0 Å². The molecule has 0 N–H and O–H groups in total. The Kier molecular flexibility index (Phi) is 2.16. The molecule has 1 fully saturated rings. The van der Waals surface area contributed by atoms with E-state index in [4.69, 9.17) is 0 Å². The lowest BCUT2D eigenvalue weighted by Crippen LogP contribution is -1.81. The van der Waals surface area contributed by atoms with Gasteiger partial charge in [0.05, 0.1) is 0 Å². The topological polar surface area (TPSA) is 0 Å². The largest absolute Gasteiger partial charge is 0.0654 e. The summed E-state index contributed by atoms with van der Waals surface area (Å²) in [5.74, 6) is 1.89. The molecule has 12 heavy (non-hydrogen) atoms. The van der Waals surface area contributed by atoms with Crippen LogP contribution in [0.2, 0.25) is 0 Å². The van der Waals surface area contributed by atoms with Crippen molar-refractivity contribution in [2.24, 2.45) is 5.92 Å². The van der Waals surface area contributed by atoms with Gasteiger partial charge in [-0.3, -0.25) is 0 Å². The molecule has 1 aromatic carbocycles. The molecule has 2 atom stereocenters. The molecule has 0 heterocycles. The smallest absolute Gasteiger partial charge is 0.0131 e. The molecule has 1 saturated carbocycles. The van der Waals surface area contributed by atoms with Gasteiger partial charge in [-0.25, -0.2) is 0 Å². The van der Waals surface area contributed by atoms with Crippen molar-refractivity contribution in [3.05, 3.63) is 35.9 Å². The minimum absolute atomic E-state index is 0.895.